The second-order valence-electron chi connectivity index (χ2n) is 4.89. The fourth-order valence-electron chi connectivity index (χ4n) is 1.57. The van der Waals surface area contributed by atoms with Gasteiger partial charge in [0.1, 0.15) is 12.4 Å². The summed E-state index contributed by atoms with van der Waals surface area (Å²) in [4.78, 5) is 22.4. The van der Waals surface area contributed by atoms with Crippen molar-refractivity contribution >= 4 is 23.3 Å². The highest BCUT2D eigenvalue weighted by atomic mass is 32.1. The molecule has 0 fully saturated rings. The normalized spacial score (nSPS) is 11.2. The van der Waals surface area contributed by atoms with Crippen LogP contribution in [0.2, 0.25) is 0 Å². The second kappa shape index (κ2) is 7.59. The summed E-state index contributed by atoms with van der Waals surface area (Å²) in [7, 11) is 3.12. The predicted octanol–water partition coefficient (Wildman–Crippen LogP) is 2.35. The fourth-order valence-corrected chi connectivity index (χ4v) is 2.28. The Morgan fingerprint density at radius 1 is 1.35 bits per heavy atom. The van der Waals surface area contributed by atoms with E-state index >= 15 is 0 Å². The molecule has 0 aliphatic heterocycles. The summed E-state index contributed by atoms with van der Waals surface area (Å²) in [6.07, 6.45) is 1.21. The van der Waals surface area contributed by atoms with Crippen molar-refractivity contribution in [2.45, 2.75) is 13.5 Å². The molecule has 0 spiro atoms. The molecular formula is C15H18N4O3S. The largest absolute Gasteiger partial charge is 0.488 e. The van der Waals surface area contributed by atoms with E-state index in [1.54, 1.807) is 55.9 Å². The predicted molar refractivity (Wildman–Crippen MR) is 88.5 cm³/mol. The zero-order valence-corrected chi connectivity index (χ0v) is 14.0. The minimum Gasteiger partial charge on any atom is -0.488 e. The number of ether oxygens (including phenoxy) is 1. The van der Waals surface area contributed by atoms with Crippen LogP contribution < -0.4 is 10.5 Å². The van der Waals surface area contributed by atoms with E-state index in [1.807, 2.05) is 6.92 Å². The van der Waals surface area contributed by atoms with Gasteiger partial charge in [-0.15, -0.1) is 11.3 Å². The zero-order valence-electron chi connectivity index (χ0n) is 13.1. The van der Waals surface area contributed by atoms with Gasteiger partial charge in [-0.3, -0.25) is 4.84 Å². The SMILES string of the molecule is Cc1ncc(COc2ccc(/C(N)=N/OC(=O)N(C)C)cc2)s1. The van der Waals surface area contributed by atoms with E-state index in [-0.39, 0.29) is 5.84 Å². The lowest BCUT2D eigenvalue weighted by atomic mass is 10.2. The van der Waals surface area contributed by atoms with Crippen LogP contribution in [0.5, 0.6) is 5.75 Å². The molecule has 1 heterocycles. The first-order chi connectivity index (χ1) is 11.0. The summed E-state index contributed by atoms with van der Waals surface area (Å²) in [5, 5.41) is 4.61. The highest BCUT2D eigenvalue weighted by Crippen LogP contribution is 2.17. The molecule has 0 atom stereocenters. The molecule has 7 nitrogen and oxygen atoms in total. The molecule has 2 rings (SSSR count). The number of rotatable bonds is 5. The molecule has 0 saturated heterocycles. The average molecular weight is 334 g/mol. The topological polar surface area (TPSA) is 90.0 Å². The Morgan fingerprint density at radius 3 is 2.61 bits per heavy atom. The van der Waals surface area contributed by atoms with Gasteiger partial charge in [0, 0.05) is 25.9 Å². The van der Waals surface area contributed by atoms with Crippen molar-refractivity contribution in [2.24, 2.45) is 10.9 Å². The van der Waals surface area contributed by atoms with Crippen LogP contribution in [0.3, 0.4) is 0 Å². The first-order valence-corrected chi connectivity index (χ1v) is 7.63. The molecule has 122 valence electrons. The molecular weight excluding hydrogens is 316 g/mol. The van der Waals surface area contributed by atoms with Gasteiger partial charge in [-0.2, -0.15) is 0 Å². The lowest BCUT2D eigenvalue weighted by molar-refractivity contribution is 0.122. The third-order valence-corrected chi connectivity index (χ3v) is 3.67. The Bertz CT molecular complexity index is 695. The highest BCUT2D eigenvalue weighted by Gasteiger charge is 2.06. The Labute approximate surface area is 138 Å². The van der Waals surface area contributed by atoms with E-state index in [9.17, 15) is 4.79 Å². The second-order valence-corrected chi connectivity index (χ2v) is 6.21. The number of amides is 1. The fraction of sp³-hybridized carbons (Fsp3) is 0.267. The molecule has 23 heavy (non-hydrogen) atoms. The van der Waals surface area contributed by atoms with Crippen LogP contribution in [0.15, 0.2) is 35.6 Å². The van der Waals surface area contributed by atoms with Crippen molar-refractivity contribution in [3.8, 4) is 5.75 Å². The molecule has 0 radical (unpaired) electrons. The molecule has 0 bridgehead atoms. The molecule has 2 N–H and O–H groups in total. The molecule has 1 amide bonds. The third-order valence-electron chi connectivity index (χ3n) is 2.79. The maximum absolute atomic E-state index is 11.3. The van der Waals surface area contributed by atoms with Gasteiger partial charge < -0.3 is 15.4 Å². The van der Waals surface area contributed by atoms with Gasteiger partial charge in [0.2, 0.25) is 0 Å². The Balaban J connectivity index is 1.93. The van der Waals surface area contributed by atoms with Gasteiger partial charge in [-0.05, 0) is 31.2 Å². The number of amidine groups is 1. The zero-order chi connectivity index (χ0) is 16.8. The van der Waals surface area contributed by atoms with Gasteiger partial charge in [0.05, 0.1) is 9.88 Å². The molecule has 1 aromatic heterocycles. The summed E-state index contributed by atoms with van der Waals surface area (Å²) in [6, 6.07) is 7.05. The molecule has 0 aliphatic rings. The first-order valence-electron chi connectivity index (χ1n) is 6.82. The smallest absolute Gasteiger partial charge is 0.435 e. The van der Waals surface area contributed by atoms with Crippen molar-refractivity contribution in [3.05, 3.63) is 45.9 Å². The van der Waals surface area contributed by atoms with Gasteiger partial charge in [-0.25, -0.2) is 9.78 Å². The van der Waals surface area contributed by atoms with Crippen LogP contribution in [0.25, 0.3) is 0 Å². The van der Waals surface area contributed by atoms with Crippen LogP contribution in [-0.2, 0) is 11.4 Å². The van der Waals surface area contributed by atoms with E-state index in [2.05, 4.69) is 15.0 Å². The molecule has 0 unspecified atom stereocenters. The number of nitrogens with zero attached hydrogens (tertiary/aromatic N) is 3. The third kappa shape index (κ3) is 4.96. The van der Waals surface area contributed by atoms with Crippen molar-refractivity contribution in [1.29, 1.82) is 0 Å². The van der Waals surface area contributed by atoms with E-state index in [0.29, 0.717) is 17.9 Å². The number of oxime groups is 1. The average Bonchev–Trinajstić information content (AvgIpc) is 2.96. The number of hydrogen-bond acceptors (Lipinski definition) is 6. The number of hydrogen-bond donors (Lipinski definition) is 1. The highest BCUT2D eigenvalue weighted by molar-refractivity contribution is 7.11. The summed E-state index contributed by atoms with van der Waals surface area (Å²) in [6.45, 7) is 2.42. The van der Waals surface area contributed by atoms with Crippen LogP contribution >= 0.6 is 11.3 Å². The van der Waals surface area contributed by atoms with E-state index in [1.165, 1.54) is 4.90 Å². The number of aryl methyl sites for hydroxylation is 1. The van der Waals surface area contributed by atoms with Crippen molar-refractivity contribution < 1.29 is 14.4 Å². The standard InChI is InChI=1S/C15H18N4O3S/c1-10-17-8-13(23-10)9-21-12-6-4-11(5-7-12)14(16)18-22-15(20)19(2)3/h4-8H,9H2,1-3H3,(H2,16,18). The number of carbonyl (C=O) groups excluding carboxylic acids is 1. The summed E-state index contributed by atoms with van der Waals surface area (Å²) in [5.41, 5.74) is 6.40. The summed E-state index contributed by atoms with van der Waals surface area (Å²) in [5.74, 6) is 0.822. The van der Waals surface area contributed by atoms with Crippen molar-refractivity contribution in [2.75, 3.05) is 14.1 Å². The first kappa shape index (κ1) is 16.8. The maximum Gasteiger partial charge on any atom is 0.435 e. The van der Waals surface area contributed by atoms with Gasteiger partial charge in [0.25, 0.3) is 0 Å². The molecule has 0 saturated carbocycles. The number of carbonyl (C=O) groups is 1. The van der Waals surface area contributed by atoms with Crippen LogP contribution in [0.1, 0.15) is 15.4 Å². The van der Waals surface area contributed by atoms with Gasteiger partial charge in [-0.1, -0.05) is 5.16 Å². The van der Waals surface area contributed by atoms with Crippen molar-refractivity contribution in [3.63, 3.8) is 0 Å². The lowest BCUT2D eigenvalue weighted by Crippen LogP contribution is -2.23. The van der Waals surface area contributed by atoms with Crippen LogP contribution in [-0.4, -0.2) is 35.9 Å². The lowest BCUT2D eigenvalue weighted by Gasteiger charge is -2.07. The number of thiazole rings is 1. The quantitative estimate of drug-likeness (QED) is 0.392. The molecule has 8 heteroatoms. The van der Waals surface area contributed by atoms with E-state index in [0.717, 1.165) is 9.88 Å². The minimum absolute atomic E-state index is 0.116. The number of nitrogens with two attached hydrogens (primary N) is 1. The molecule has 2 aromatic rings. The van der Waals surface area contributed by atoms with Gasteiger partial charge >= 0.3 is 6.09 Å². The van der Waals surface area contributed by atoms with E-state index in [4.69, 9.17) is 10.5 Å². The summed E-state index contributed by atoms with van der Waals surface area (Å²) < 4.78 is 5.67. The maximum atomic E-state index is 11.3. The molecule has 1 aromatic carbocycles. The Hall–Kier alpha value is -2.61. The Kier molecular flexibility index (Phi) is 5.53. The van der Waals surface area contributed by atoms with Crippen LogP contribution in [0, 0.1) is 6.92 Å². The monoisotopic (exact) mass is 334 g/mol. The van der Waals surface area contributed by atoms with Gasteiger partial charge in [0.15, 0.2) is 5.84 Å². The minimum atomic E-state index is -0.590. The Morgan fingerprint density at radius 2 is 2.04 bits per heavy atom. The number of aromatic nitrogens is 1. The summed E-state index contributed by atoms with van der Waals surface area (Å²) >= 11 is 1.60. The van der Waals surface area contributed by atoms with E-state index < -0.39 is 6.09 Å². The number of benzene rings is 1. The van der Waals surface area contributed by atoms with Crippen LogP contribution in [0.4, 0.5) is 4.79 Å². The molecule has 0 aliphatic carbocycles. The van der Waals surface area contributed by atoms with Crippen molar-refractivity contribution in [1.82, 2.24) is 9.88 Å².